The lowest BCUT2D eigenvalue weighted by atomic mass is 10.0. The van der Waals surface area contributed by atoms with Gasteiger partial charge in [0.15, 0.2) is 0 Å². The van der Waals surface area contributed by atoms with Gasteiger partial charge in [-0.15, -0.1) is 11.3 Å². The summed E-state index contributed by atoms with van der Waals surface area (Å²) in [6.07, 6.45) is 4.24. The van der Waals surface area contributed by atoms with E-state index in [-0.39, 0.29) is 12.5 Å². The number of anilines is 1. The van der Waals surface area contributed by atoms with Crippen LogP contribution in [-0.4, -0.2) is 51.2 Å². The molecule has 0 aliphatic carbocycles. The van der Waals surface area contributed by atoms with E-state index >= 15 is 0 Å². The number of carbonyl (C=O) groups is 1. The average Bonchev–Trinajstić information content (AvgIpc) is 3.10. The predicted octanol–water partition coefficient (Wildman–Crippen LogP) is 0.850. The maximum atomic E-state index is 12.1. The quantitative estimate of drug-likeness (QED) is 0.833. The van der Waals surface area contributed by atoms with Crippen LogP contribution in [0.3, 0.4) is 0 Å². The highest BCUT2D eigenvalue weighted by Crippen LogP contribution is 2.24. The molecule has 2 aromatic heterocycles. The van der Waals surface area contributed by atoms with Gasteiger partial charge in [0.05, 0.1) is 23.7 Å². The van der Waals surface area contributed by atoms with Crippen molar-refractivity contribution < 1.29 is 9.90 Å². The Bertz CT molecular complexity index is 721. The number of amides is 1. The van der Waals surface area contributed by atoms with Gasteiger partial charge in [-0.1, -0.05) is 0 Å². The van der Waals surface area contributed by atoms with Gasteiger partial charge in [-0.2, -0.15) is 0 Å². The summed E-state index contributed by atoms with van der Waals surface area (Å²) in [6.45, 7) is 5.15. The summed E-state index contributed by atoms with van der Waals surface area (Å²) < 4.78 is 0. The fourth-order valence-corrected chi connectivity index (χ4v) is 3.77. The Morgan fingerprint density at radius 3 is 2.83 bits per heavy atom. The van der Waals surface area contributed by atoms with Crippen LogP contribution in [0.25, 0.3) is 0 Å². The molecule has 1 amide bonds. The summed E-state index contributed by atoms with van der Waals surface area (Å²) in [5.41, 5.74) is -0.0484. The molecule has 1 saturated heterocycles. The topological polar surface area (TPSA) is 91.2 Å². The van der Waals surface area contributed by atoms with Crippen LogP contribution in [0, 0.1) is 13.8 Å². The molecule has 0 bridgehead atoms. The number of carbonyl (C=O) groups excluding carboxylic acids is 1. The fraction of sp³-hybridized carbons (Fsp3) is 0.500. The molecule has 3 rings (SSSR count). The molecule has 1 aliphatic heterocycles. The van der Waals surface area contributed by atoms with Gasteiger partial charge in [-0.3, -0.25) is 4.79 Å². The first-order chi connectivity index (χ1) is 11.5. The van der Waals surface area contributed by atoms with Crippen molar-refractivity contribution in [3.8, 4) is 0 Å². The van der Waals surface area contributed by atoms with E-state index in [4.69, 9.17) is 0 Å². The number of β-amino-alcohol motifs (C(OH)–C–C–N with tert-alkyl or cyclic N) is 1. The van der Waals surface area contributed by atoms with Crippen LogP contribution in [0.5, 0.6) is 0 Å². The van der Waals surface area contributed by atoms with Gasteiger partial charge in [-0.05, 0) is 26.3 Å². The Labute approximate surface area is 144 Å². The molecule has 0 aromatic carbocycles. The molecular weight excluding hydrogens is 326 g/mol. The zero-order valence-electron chi connectivity index (χ0n) is 13.8. The molecule has 7 nitrogen and oxygen atoms in total. The second kappa shape index (κ2) is 6.82. The number of rotatable bonds is 5. The summed E-state index contributed by atoms with van der Waals surface area (Å²) in [4.78, 5) is 27.8. The summed E-state index contributed by atoms with van der Waals surface area (Å²) >= 11 is 1.54. The van der Waals surface area contributed by atoms with E-state index in [1.165, 1.54) is 11.3 Å². The lowest BCUT2D eigenvalue weighted by molar-refractivity contribution is -0.121. The Morgan fingerprint density at radius 2 is 2.17 bits per heavy atom. The van der Waals surface area contributed by atoms with E-state index in [1.54, 1.807) is 18.5 Å². The number of hydrogen-bond acceptors (Lipinski definition) is 7. The maximum absolute atomic E-state index is 12.1. The van der Waals surface area contributed by atoms with Crippen molar-refractivity contribution in [3.05, 3.63) is 34.0 Å². The van der Waals surface area contributed by atoms with Gasteiger partial charge in [0.25, 0.3) is 0 Å². The minimum Gasteiger partial charge on any atom is -0.386 e. The third kappa shape index (κ3) is 3.88. The maximum Gasteiger partial charge on any atom is 0.225 e. The van der Waals surface area contributed by atoms with Crippen molar-refractivity contribution in [1.29, 1.82) is 0 Å². The van der Waals surface area contributed by atoms with Crippen molar-refractivity contribution in [2.24, 2.45) is 0 Å². The summed E-state index contributed by atoms with van der Waals surface area (Å²) in [7, 11) is 0. The fourth-order valence-electron chi connectivity index (χ4n) is 2.83. The SMILES string of the molecule is Cc1nc(C)c(CC(=O)NC[C@]2(O)CCN(c3ncccn3)C2)s1. The zero-order chi connectivity index (χ0) is 17.2. The third-order valence-electron chi connectivity index (χ3n) is 4.10. The molecular formula is C16H21N5O2S. The molecule has 1 aliphatic rings. The number of aryl methyl sites for hydroxylation is 2. The van der Waals surface area contributed by atoms with Gasteiger partial charge in [0, 0.05) is 30.4 Å². The number of nitrogens with one attached hydrogen (secondary N) is 1. The lowest BCUT2D eigenvalue weighted by Gasteiger charge is -2.23. The second-order valence-electron chi connectivity index (χ2n) is 6.14. The van der Waals surface area contributed by atoms with Crippen LogP contribution in [-0.2, 0) is 11.2 Å². The zero-order valence-corrected chi connectivity index (χ0v) is 14.6. The molecule has 24 heavy (non-hydrogen) atoms. The van der Waals surface area contributed by atoms with E-state index in [0.29, 0.717) is 31.9 Å². The molecule has 3 heterocycles. The molecule has 0 spiro atoms. The van der Waals surface area contributed by atoms with Gasteiger partial charge in [0.1, 0.15) is 5.60 Å². The smallest absolute Gasteiger partial charge is 0.225 e. The number of aliphatic hydroxyl groups is 1. The van der Waals surface area contributed by atoms with Crippen molar-refractivity contribution in [2.75, 3.05) is 24.5 Å². The first-order valence-corrected chi connectivity index (χ1v) is 8.71. The normalized spacial score (nSPS) is 20.4. The summed E-state index contributed by atoms with van der Waals surface area (Å²) in [6, 6.07) is 1.76. The number of aromatic nitrogens is 3. The largest absolute Gasteiger partial charge is 0.386 e. The van der Waals surface area contributed by atoms with E-state index in [9.17, 15) is 9.90 Å². The van der Waals surface area contributed by atoms with Gasteiger partial charge in [0.2, 0.25) is 11.9 Å². The Kier molecular flexibility index (Phi) is 4.77. The number of thiazole rings is 1. The number of hydrogen-bond donors (Lipinski definition) is 2. The third-order valence-corrected chi connectivity index (χ3v) is 5.18. The molecule has 1 atom stereocenters. The first kappa shape index (κ1) is 16.8. The van der Waals surface area contributed by atoms with Crippen molar-refractivity contribution >= 4 is 23.2 Å². The average molecular weight is 347 g/mol. The molecule has 0 unspecified atom stereocenters. The first-order valence-electron chi connectivity index (χ1n) is 7.89. The van der Waals surface area contributed by atoms with Gasteiger partial charge < -0.3 is 15.3 Å². The molecule has 0 saturated carbocycles. The molecule has 8 heteroatoms. The van der Waals surface area contributed by atoms with E-state index in [1.807, 2.05) is 18.7 Å². The molecule has 2 N–H and O–H groups in total. The van der Waals surface area contributed by atoms with Crippen LogP contribution in [0.2, 0.25) is 0 Å². The van der Waals surface area contributed by atoms with E-state index in [2.05, 4.69) is 20.3 Å². The standard InChI is InChI=1S/C16H21N5O2S/c1-11-13(24-12(2)20-11)8-14(22)19-9-16(23)4-7-21(10-16)15-17-5-3-6-18-15/h3,5-6,23H,4,7-10H2,1-2H3,(H,19,22)/t16-/m1/s1. The van der Waals surface area contributed by atoms with Gasteiger partial charge >= 0.3 is 0 Å². The van der Waals surface area contributed by atoms with Crippen LogP contribution in [0.15, 0.2) is 18.5 Å². The Morgan fingerprint density at radius 1 is 1.42 bits per heavy atom. The van der Waals surface area contributed by atoms with Crippen LogP contribution in [0.1, 0.15) is 22.0 Å². The molecule has 128 valence electrons. The Hall–Kier alpha value is -2.06. The minimum absolute atomic E-state index is 0.0930. The van der Waals surface area contributed by atoms with E-state index < -0.39 is 5.60 Å². The van der Waals surface area contributed by atoms with Crippen LogP contribution < -0.4 is 10.2 Å². The van der Waals surface area contributed by atoms with Crippen LogP contribution in [0.4, 0.5) is 5.95 Å². The summed E-state index contributed by atoms with van der Waals surface area (Å²) in [5, 5.41) is 14.5. The lowest BCUT2D eigenvalue weighted by Crippen LogP contribution is -2.45. The molecule has 1 fully saturated rings. The second-order valence-corrected chi connectivity index (χ2v) is 7.43. The predicted molar refractivity (Wildman–Crippen MR) is 92.1 cm³/mol. The van der Waals surface area contributed by atoms with Crippen molar-refractivity contribution in [3.63, 3.8) is 0 Å². The summed E-state index contributed by atoms with van der Waals surface area (Å²) in [5.74, 6) is 0.514. The minimum atomic E-state index is -0.951. The highest BCUT2D eigenvalue weighted by atomic mass is 32.1. The van der Waals surface area contributed by atoms with Gasteiger partial charge in [-0.25, -0.2) is 15.0 Å². The highest BCUT2D eigenvalue weighted by molar-refractivity contribution is 7.11. The molecule has 2 aromatic rings. The van der Waals surface area contributed by atoms with Crippen molar-refractivity contribution in [2.45, 2.75) is 32.3 Å². The highest BCUT2D eigenvalue weighted by Gasteiger charge is 2.37. The van der Waals surface area contributed by atoms with E-state index in [0.717, 1.165) is 15.6 Å². The Balaban J connectivity index is 1.53. The molecule has 0 radical (unpaired) electrons. The van der Waals surface area contributed by atoms with Crippen LogP contribution >= 0.6 is 11.3 Å². The monoisotopic (exact) mass is 347 g/mol. The number of nitrogens with zero attached hydrogens (tertiary/aromatic N) is 4. The van der Waals surface area contributed by atoms with Crippen molar-refractivity contribution in [1.82, 2.24) is 20.3 Å².